The van der Waals surface area contributed by atoms with Crippen molar-refractivity contribution >= 4 is 23.2 Å². The SMILES string of the molecule is Cc1cccc(N2C[C@@H](C(=O)N3CCN(c4cccc(C(F)(F)F)c4)CC3)CC2=O)c1. The number of benzene rings is 2. The lowest BCUT2D eigenvalue weighted by atomic mass is 10.1. The number of aryl methyl sites for hydroxylation is 1. The van der Waals surface area contributed by atoms with E-state index in [0.29, 0.717) is 38.4 Å². The van der Waals surface area contributed by atoms with Crippen LogP contribution in [0.15, 0.2) is 48.5 Å². The van der Waals surface area contributed by atoms with E-state index in [4.69, 9.17) is 0 Å². The standard InChI is InChI=1S/C23H24F3N3O2/c1-16-4-2-7-20(12-16)29-15-17(13-21(29)30)22(31)28-10-8-27(9-11-28)19-6-3-5-18(14-19)23(24,25)26/h2-7,12,14,17H,8-11,13,15H2,1H3/t17-/m0/s1. The number of nitrogens with zero attached hydrogens (tertiary/aromatic N) is 3. The van der Waals surface area contributed by atoms with Crippen LogP contribution in [0.2, 0.25) is 0 Å². The van der Waals surface area contributed by atoms with E-state index >= 15 is 0 Å². The number of amides is 2. The Kier molecular flexibility index (Phi) is 5.64. The van der Waals surface area contributed by atoms with Gasteiger partial charge in [0.1, 0.15) is 0 Å². The summed E-state index contributed by atoms with van der Waals surface area (Å²) in [5.74, 6) is -0.521. The van der Waals surface area contributed by atoms with Gasteiger partial charge in [-0.2, -0.15) is 13.2 Å². The van der Waals surface area contributed by atoms with Crippen LogP contribution in [0.3, 0.4) is 0 Å². The average molecular weight is 431 g/mol. The molecule has 0 saturated carbocycles. The molecule has 31 heavy (non-hydrogen) atoms. The minimum Gasteiger partial charge on any atom is -0.368 e. The molecule has 2 amide bonds. The van der Waals surface area contributed by atoms with Crippen LogP contribution in [0.1, 0.15) is 17.5 Å². The Morgan fingerprint density at radius 3 is 2.32 bits per heavy atom. The molecule has 4 rings (SSSR count). The molecular weight excluding hydrogens is 407 g/mol. The van der Waals surface area contributed by atoms with Gasteiger partial charge in [0, 0.05) is 50.5 Å². The maximum atomic E-state index is 13.0. The van der Waals surface area contributed by atoms with Crippen molar-refractivity contribution < 1.29 is 22.8 Å². The first-order valence-corrected chi connectivity index (χ1v) is 10.3. The molecule has 2 aliphatic heterocycles. The van der Waals surface area contributed by atoms with Gasteiger partial charge in [-0.15, -0.1) is 0 Å². The van der Waals surface area contributed by atoms with Crippen LogP contribution >= 0.6 is 0 Å². The molecule has 0 aliphatic carbocycles. The molecule has 164 valence electrons. The highest BCUT2D eigenvalue weighted by atomic mass is 19.4. The highest BCUT2D eigenvalue weighted by Crippen LogP contribution is 2.32. The minimum absolute atomic E-state index is 0.0628. The lowest BCUT2D eigenvalue weighted by Crippen LogP contribution is -2.50. The number of halogens is 3. The van der Waals surface area contributed by atoms with Crippen LogP contribution in [0, 0.1) is 12.8 Å². The second-order valence-electron chi connectivity index (χ2n) is 8.10. The van der Waals surface area contributed by atoms with Crippen molar-refractivity contribution in [2.45, 2.75) is 19.5 Å². The second kappa shape index (κ2) is 8.24. The molecule has 0 radical (unpaired) electrons. The van der Waals surface area contributed by atoms with Crippen LogP contribution < -0.4 is 9.80 Å². The van der Waals surface area contributed by atoms with Gasteiger partial charge in [-0.3, -0.25) is 9.59 Å². The third-order valence-corrected chi connectivity index (χ3v) is 5.92. The highest BCUT2D eigenvalue weighted by molar-refractivity contribution is 6.00. The summed E-state index contributed by atoms with van der Waals surface area (Å²) in [4.78, 5) is 30.7. The Labute approximate surface area is 179 Å². The summed E-state index contributed by atoms with van der Waals surface area (Å²) >= 11 is 0. The normalized spacial score (nSPS) is 19.8. The summed E-state index contributed by atoms with van der Waals surface area (Å²) in [5, 5.41) is 0. The summed E-state index contributed by atoms with van der Waals surface area (Å²) in [6.07, 6.45) is -4.20. The van der Waals surface area contributed by atoms with Gasteiger partial charge in [-0.05, 0) is 42.8 Å². The lowest BCUT2D eigenvalue weighted by Gasteiger charge is -2.37. The zero-order valence-electron chi connectivity index (χ0n) is 17.2. The monoisotopic (exact) mass is 431 g/mol. The molecule has 0 spiro atoms. The summed E-state index contributed by atoms with van der Waals surface area (Å²) in [6, 6.07) is 12.9. The highest BCUT2D eigenvalue weighted by Gasteiger charge is 2.38. The van der Waals surface area contributed by atoms with Gasteiger partial charge in [0.25, 0.3) is 0 Å². The molecule has 8 heteroatoms. The van der Waals surface area contributed by atoms with Crippen LogP contribution in [0.25, 0.3) is 0 Å². The average Bonchev–Trinajstić information content (AvgIpc) is 3.14. The van der Waals surface area contributed by atoms with Crippen molar-refractivity contribution in [3.8, 4) is 0 Å². The fourth-order valence-electron chi connectivity index (χ4n) is 4.24. The molecular formula is C23H24F3N3O2. The summed E-state index contributed by atoms with van der Waals surface area (Å²) < 4.78 is 38.9. The van der Waals surface area contributed by atoms with Gasteiger partial charge < -0.3 is 14.7 Å². The van der Waals surface area contributed by atoms with Crippen molar-refractivity contribution in [3.63, 3.8) is 0 Å². The van der Waals surface area contributed by atoms with Gasteiger partial charge in [-0.1, -0.05) is 18.2 Å². The molecule has 2 fully saturated rings. The first kappa shape index (κ1) is 21.2. The van der Waals surface area contributed by atoms with Crippen LogP contribution in [0.4, 0.5) is 24.5 Å². The molecule has 2 aliphatic rings. The fourth-order valence-corrected chi connectivity index (χ4v) is 4.24. The second-order valence-corrected chi connectivity index (χ2v) is 8.10. The van der Waals surface area contributed by atoms with E-state index in [1.807, 2.05) is 36.1 Å². The molecule has 1 atom stereocenters. The van der Waals surface area contributed by atoms with Crippen LogP contribution in [-0.4, -0.2) is 49.4 Å². The maximum Gasteiger partial charge on any atom is 0.416 e. The molecule has 2 saturated heterocycles. The Morgan fingerprint density at radius 2 is 1.65 bits per heavy atom. The number of rotatable bonds is 3. The molecule has 0 bridgehead atoms. The quantitative estimate of drug-likeness (QED) is 0.744. The summed E-state index contributed by atoms with van der Waals surface area (Å²) in [5.41, 5.74) is 1.67. The van der Waals surface area contributed by atoms with Crippen LogP contribution in [0.5, 0.6) is 0 Å². The van der Waals surface area contributed by atoms with Crippen molar-refractivity contribution in [3.05, 3.63) is 59.7 Å². The molecule has 2 heterocycles. The van der Waals surface area contributed by atoms with E-state index in [0.717, 1.165) is 23.4 Å². The zero-order chi connectivity index (χ0) is 22.2. The number of piperazine rings is 1. The number of hydrogen-bond donors (Lipinski definition) is 0. The Bertz CT molecular complexity index is 984. The number of hydrogen-bond acceptors (Lipinski definition) is 3. The van der Waals surface area contributed by atoms with E-state index in [9.17, 15) is 22.8 Å². The molecule has 2 aromatic rings. The van der Waals surface area contributed by atoms with Crippen molar-refractivity contribution in [1.82, 2.24) is 4.90 Å². The summed E-state index contributed by atoms with van der Waals surface area (Å²) in [6.45, 7) is 4.06. The lowest BCUT2D eigenvalue weighted by molar-refractivity contribution is -0.137. The predicted molar refractivity (Wildman–Crippen MR) is 112 cm³/mol. The maximum absolute atomic E-state index is 13.0. The number of anilines is 2. The van der Waals surface area contributed by atoms with Gasteiger partial charge in [0.2, 0.25) is 11.8 Å². The van der Waals surface area contributed by atoms with Crippen molar-refractivity contribution in [1.29, 1.82) is 0 Å². The van der Waals surface area contributed by atoms with E-state index in [1.165, 1.54) is 6.07 Å². The third kappa shape index (κ3) is 4.52. The molecule has 0 aromatic heterocycles. The molecule has 0 unspecified atom stereocenters. The molecule has 5 nitrogen and oxygen atoms in total. The smallest absolute Gasteiger partial charge is 0.368 e. The van der Waals surface area contributed by atoms with E-state index < -0.39 is 17.7 Å². The number of carbonyl (C=O) groups excluding carboxylic acids is 2. The molecule has 0 N–H and O–H groups in total. The molecule has 2 aromatic carbocycles. The van der Waals surface area contributed by atoms with Crippen molar-refractivity contribution in [2.75, 3.05) is 42.5 Å². The van der Waals surface area contributed by atoms with Gasteiger partial charge in [0.15, 0.2) is 0 Å². The Hall–Kier alpha value is -3.03. The number of alkyl halides is 3. The van der Waals surface area contributed by atoms with E-state index in [-0.39, 0.29) is 18.2 Å². The van der Waals surface area contributed by atoms with Crippen LogP contribution in [-0.2, 0) is 15.8 Å². The summed E-state index contributed by atoms with van der Waals surface area (Å²) in [7, 11) is 0. The zero-order valence-corrected chi connectivity index (χ0v) is 17.2. The first-order chi connectivity index (χ1) is 14.7. The predicted octanol–water partition coefficient (Wildman–Crippen LogP) is 3.72. The largest absolute Gasteiger partial charge is 0.416 e. The first-order valence-electron chi connectivity index (χ1n) is 10.3. The Morgan fingerprint density at radius 1 is 0.968 bits per heavy atom. The van der Waals surface area contributed by atoms with Crippen molar-refractivity contribution in [2.24, 2.45) is 5.92 Å². The van der Waals surface area contributed by atoms with Gasteiger partial charge in [0.05, 0.1) is 11.5 Å². The van der Waals surface area contributed by atoms with E-state index in [2.05, 4.69) is 0 Å². The van der Waals surface area contributed by atoms with Gasteiger partial charge >= 0.3 is 6.18 Å². The third-order valence-electron chi connectivity index (χ3n) is 5.92. The fraction of sp³-hybridized carbons (Fsp3) is 0.391. The topological polar surface area (TPSA) is 43.9 Å². The Balaban J connectivity index is 1.37. The number of carbonyl (C=O) groups is 2. The van der Waals surface area contributed by atoms with Gasteiger partial charge in [-0.25, -0.2) is 0 Å². The minimum atomic E-state index is -4.38. The van der Waals surface area contributed by atoms with E-state index in [1.54, 1.807) is 15.9 Å².